The lowest BCUT2D eigenvalue weighted by atomic mass is 10.1. The molecule has 1 aliphatic rings. The van der Waals surface area contributed by atoms with Gasteiger partial charge in [0.2, 0.25) is 10.0 Å². The molecular formula is C23H30N2O4S. The summed E-state index contributed by atoms with van der Waals surface area (Å²) in [5.41, 5.74) is 3.34. The molecule has 1 aliphatic heterocycles. The first-order valence-corrected chi connectivity index (χ1v) is 11.8. The number of rotatable bonds is 7. The Balaban J connectivity index is 1.80. The number of carbonyl (C=O) groups is 1. The Hall–Kier alpha value is -2.22. The molecule has 6 nitrogen and oxygen atoms in total. The van der Waals surface area contributed by atoms with Crippen LogP contribution in [0.1, 0.15) is 30.0 Å². The van der Waals surface area contributed by atoms with Crippen LogP contribution in [0, 0.1) is 13.8 Å². The molecule has 0 bridgehead atoms. The van der Waals surface area contributed by atoms with Crippen LogP contribution in [-0.2, 0) is 26.1 Å². The second-order valence-electron chi connectivity index (χ2n) is 7.80. The molecule has 0 aliphatic carbocycles. The number of esters is 1. The molecule has 162 valence electrons. The van der Waals surface area contributed by atoms with Crippen LogP contribution in [0.5, 0.6) is 0 Å². The second-order valence-corrected chi connectivity index (χ2v) is 9.74. The van der Waals surface area contributed by atoms with Crippen molar-refractivity contribution in [2.24, 2.45) is 0 Å². The Labute approximate surface area is 179 Å². The quantitative estimate of drug-likeness (QED) is 0.632. The van der Waals surface area contributed by atoms with Crippen LogP contribution in [0.3, 0.4) is 0 Å². The van der Waals surface area contributed by atoms with Crippen molar-refractivity contribution in [1.82, 2.24) is 9.21 Å². The van der Waals surface area contributed by atoms with E-state index in [1.54, 1.807) is 31.2 Å². The lowest BCUT2D eigenvalue weighted by Gasteiger charge is -2.40. The first kappa shape index (κ1) is 22.5. The third-order valence-corrected chi connectivity index (χ3v) is 7.28. The number of hydrogen-bond donors (Lipinski definition) is 0. The fraction of sp³-hybridized carbons (Fsp3) is 0.435. The van der Waals surface area contributed by atoms with Gasteiger partial charge in [-0.25, -0.2) is 8.42 Å². The molecule has 0 N–H and O–H groups in total. The number of aryl methyl sites for hydroxylation is 2. The molecule has 1 saturated heterocycles. The summed E-state index contributed by atoms with van der Waals surface area (Å²) in [6.07, 6.45) is 0.166. The molecule has 0 aromatic heterocycles. The highest BCUT2D eigenvalue weighted by molar-refractivity contribution is 7.89. The lowest BCUT2D eigenvalue weighted by Crippen LogP contribution is -2.54. The summed E-state index contributed by atoms with van der Waals surface area (Å²) in [6.45, 7) is 7.95. The van der Waals surface area contributed by atoms with Gasteiger partial charge in [-0.05, 0) is 38.5 Å². The highest BCUT2D eigenvalue weighted by atomic mass is 32.2. The molecule has 1 unspecified atom stereocenters. The minimum Gasteiger partial charge on any atom is -0.466 e. The van der Waals surface area contributed by atoms with Crippen molar-refractivity contribution < 1.29 is 17.9 Å². The highest BCUT2D eigenvalue weighted by Crippen LogP contribution is 2.23. The summed E-state index contributed by atoms with van der Waals surface area (Å²) < 4.78 is 33.0. The molecular weight excluding hydrogens is 400 g/mol. The van der Waals surface area contributed by atoms with E-state index in [2.05, 4.69) is 17.0 Å². The average Bonchev–Trinajstić information content (AvgIpc) is 2.70. The molecule has 7 heteroatoms. The molecule has 1 heterocycles. The number of nitrogens with zero attached hydrogens (tertiary/aromatic N) is 2. The Kier molecular flexibility index (Phi) is 7.28. The van der Waals surface area contributed by atoms with Gasteiger partial charge >= 0.3 is 5.97 Å². The minimum atomic E-state index is -3.61. The third kappa shape index (κ3) is 5.47. The van der Waals surface area contributed by atoms with Crippen LogP contribution in [-0.4, -0.2) is 55.9 Å². The Morgan fingerprint density at radius 1 is 1.07 bits per heavy atom. The maximum atomic E-state index is 13.2. The number of hydrogen-bond acceptors (Lipinski definition) is 5. The van der Waals surface area contributed by atoms with Gasteiger partial charge in [0, 0.05) is 32.2 Å². The van der Waals surface area contributed by atoms with E-state index in [0.717, 1.165) is 11.1 Å². The van der Waals surface area contributed by atoms with Crippen molar-refractivity contribution in [3.05, 3.63) is 65.2 Å². The smallest absolute Gasteiger partial charge is 0.307 e. The van der Waals surface area contributed by atoms with Gasteiger partial charge in [0.05, 0.1) is 17.9 Å². The van der Waals surface area contributed by atoms with Crippen LogP contribution >= 0.6 is 0 Å². The van der Waals surface area contributed by atoms with Crippen LogP contribution in [0.2, 0.25) is 0 Å². The Morgan fingerprint density at radius 2 is 1.80 bits per heavy atom. The standard InChI is InChI=1S/C23H30N2O4S/c1-4-29-23(26)15-21-17-25(30(27,28)22-10-8-18(2)9-11-22)13-12-24(21)16-20-7-5-6-19(3)14-20/h5-11,14,21H,4,12-13,15-17H2,1-3H3. The number of carbonyl (C=O) groups excluding carboxylic acids is 1. The van der Waals surface area contributed by atoms with Gasteiger partial charge < -0.3 is 4.74 Å². The van der Waals surface area contributed by atoms with Gasteiger partial charge in [0.1, 0.15) is 0 Å². The van der Waals surface area contributed by atoms with Gasteiger partial charge in [0.25, 0.3) is 0 Å². The SMILES string of the molecule is CCOC(=O)CC1CN(S(=O)(=O)c2ccc(C)cc2)CCN1Cc1cccc(C)c1. The topological polar surface area (TPSA) is 66.9 Å². The molecule has 0 spiro atoms. The monoisotopic (exact) mass is 430 g/mol. The molecule has 0 radical (unpaired) electrons. The van der Waals surface area contributed by atoms with Crippen molar-refractivity contribution in [3.63, 3.8) is 0 Å². The van der Waals surface area contributed by atoms with E-state index in [0.29, 0.717) is 26.2 Å². The maximum absolute atomic E-state index is 13.2. The van der Waals surface area contributed by atoms with E-state index in [1.165, 1.54) is 9.87 Å². The zero-order chi connectivity index (χ0) is 21.7. The highest BCUT2D eigenvalue weighted by Gasteiger charge is 2.35. The minimum absolute atomic E-state index is 0.166. The summed E-state index contributed by atoms with van der Waals surface area (Å²) >= 11 is 0. The van der Waals surface area contributed by atoms with Crippen molar-refractivity contribution >= 4 is 16.0 Å². The third-order valence-electron chi connectivity index (χ3n) is 5.40. The van der Waals surface area contributed by atoms with E-state index in [1.807, 2.05) is 26.0 Å². The van der Waals surface area contributed by atoms with Crippen molar-refractivity contribution in [2.75, 3.05) is 26.2 Å². The first-order chi connectivity index (χ1) is 14.3. The van der Waals surface area contributed by atoms with Crippen LogP contribution in [0.25, 0.3) is 0 Å². The molecule has 0 amide bonds. The predicted octanol–water partition coefficient (Wildman–Crippen LogP) is 3.13. The maximum Gasteiger partial charge on any atom is 0.307 e. The number of benzene rings is 2. The number of piperazine rings is 1. The van der Waals surface area contributed by atoms with Crippen molar-refractivity contribution in [3.8, 4) is 0 Å². The largest absolute Gasteiger partial charge is 0.466 e. The van der Waals surface area contributed by atoms with E-state index in [9.17, 15) is 13.2 Å². The molecule has 30 heavy (non-hydrogen) atoms. The van der Waals surface area contributed by atoms with Crippen molar-refractivity contribution in [2.45, 2.75) is 44.7 Å². The summed E-state index contributed by atoms with van der Waals surface area (Å²) in [6, 6.07) is 14.9. The Morgan fingerprint density at radius 3 is 2.47 bits per heavy atom. The van der Waals surface area contributed by atoms with E-state index >= 15 is 0 Å². The molecule has 1 atom stereocenters. The summed E-state index contributed by atoms with van der Waals surface area (Å²) in [7, 11) is -3.61. The van der Waals surface area contributed by atoms with Gasteiger partial charge in [-0.15, -0.1) is 0 Å². The molecule has 3 rings (SSSR count). The second kappa shape index (κ2) is 9.73. The summed E-state index contributed by atoms with van der Waals surface area (Å²) in [5.74, 6) is -0.300. The molecule has 2 aromatic carbocycles. The van der Waals surface area contributed by atoms with Crippen LogP contribution in [0.15, 0.2) is 53.4 Å². The van der Waals surface area contributed by atoms with E-state index in [-0.39, 0.29) is 29.9 Å². The number of sulfonamides is 1. The van der Waals surface area contributed by atoms with Crippen molar-refractivity contribution in [1.29, 1.82) is 0 Å². The molecule has 0 saturated carbocycles. The fourth-order valence-electron chi connectivity index (χ4n) is 3.80. The van der Waals surface area contributed by atoms with Gasteiger partial charge in [-0.3, -0.25) is 9.69 Å². The normalized spacial score (nSPS) is 18.3. The number of ether oxygens (including phenoxy) is 1. The van der Waals surface area contributed by atoms with E-state index < -0.39 is 10.0 Å². The summed E-state index contributed by atoms with van der Waals surface area (Å²) in [5, 5.41) is 0. The first-order valence-electron chi connectivity index (χ1n) is 10.3. The van der Waals surface area contributed by atoms with Crippen LogP contribution in [0.4, 0.5) is 0 Å². The van der Waals surface area contributed by atoms with E-state index in [4.69, 9.17) is 4.74 Å². The Bertz CT molecular complexity index is 973. The lowest BCUT2D eigenvalue weighted by molar-refractivity contribution is -0.145. The van der Waals surface area contributed by atoms with Crippen LogP contribution < -0.4 is 0 Å². The van der Waals surface area contributed by atoms with Gasteiger partial charge in [0.15, 0.2) is 0 Å². The fourth-order valence-corrected chi connectivity index (χ4v) is 5.27. The summed E-state index contributed by atoms with van der Waals surface area (Å²) in [4.78, 5) is 14.7. The zero-order valence-corrected chi connectivity index (χ0v) is 18.7. The molecule has 2 aromatic rings. The van der Waals surface area contributed by atoms with Gasteiger partial charge in [-0.2, -0.15) is 4.31 Å². The predicted molar refractivity (Wildman–Crippen MR) is 117 cm³/mol. The molecule has 1 fully saturated rings. The zero-order valence-electron chi connectivity index (χ0n) is 17.9. The average molecular weight is 431 g/mol. The van der Waals surface area contributed by atoms with Gasteiger partial charge in [-0.1, -0.05) is 47.5 Å².